The van der Waals surface area contributed by atoms with Gasteiger partial charge >= 0.3 is 0 Å². The van der Waals surface area contributed by atoms with Crippen molar-refractivity contribution in [2.24, 2.45) is 0 Å². The monoisotopic (exact) mass is 274 g/mol. The third kappa shape index (κ3) is 2.37. The maximum atomic E-state index is 5.97. The fourth-order valence-electron chi connectivity index (χ4n) is 1.71. The van der Waals surface area contributed by atoms with E-state index in [9.17, 15) is 0 Å². The summed E-state index contributed by atoms with van der Waals surface area (Å²) in [7, 11) is 0. The third-order valence-corrected chi connectivity index (χ3v) is 2.93. The van der Waals surface area contributed by atoms with E-state index in [-0.39, 0.29) is 0 Å². The zero-order valence-electron chi connectivity index (χ0n) is 10.2. The van der Waals surface area contributed by atoms with Gasteiger partial charge in [-0.05, 0) is 18.2 Å². The fraction of sp³-hybridized carbons (Fsp3) is 0.154. The molecule has 0 amide bonds. The van der Waals surface area contributed by atoms with Crippen LogP contribution in [-0.2, 0) is 6.42 Å². The molecule has 1 aromatic carbocycles. The molecular weight excluding hydrogens is 264 g/mol. The Morgan fingerprint density at radius 3 is 3.00 bits per heavy atom. The number of hydrogen-bond acceptors (Lipinski definition) is 4. The standard InChI is InChI=1S/C13H11ClN4O/c1-2-12-16-13(19-17-12)11-7-18(8-15-11)10-5-3-4-9(14)6-10/h3-8H,2H2,1H3. The predicted molar refractivity (Wildman–Crippen MR) is 71.2 cm³/mol. The van der Waals surface area contributed by atoms with Crippen LogP contribution >= 0.6 is 11.6 Å². The lowest BCUT2D eigenvalue weighted by Gasteiger charge is -2.00. The van der Waals surface area contributed by atoms with Gasteiger partial charge in [0.15, 0.2) is 5.82 Å². The van der Waals surface area contributed by atoms with Gasteiger partial charge in [-0.15, -0.1) is 0 Å². The fourth-order valence-corrected chi connectivity index (χ4v) is 1.90. The van der Waals surface area contributed by atoms with Crippen LogP contribution in [-0.4, -0.2) is 19.7 Å². The van der Waals surface area contributed by atoms with Crippen molar-refractivity contribution < 1.29 is 4.52 Å². The summed E-state index contributed by atoms with van der Waals surface area (Å²) in [6, 6.07) is 7.52. The molecule has 0 N–H and O–H groups in total. The van der Waals surface area contributed by atoms with Gasteiger partial charge in [0.1, 0.15) is 12.0 Å². The molecule has 0 spiro atoms. The lowest BCUT2D eigenvalue weighted by atomic mass is 10.3. The average molecular weight is 275 g/mol. The number of rotatable bonds is 3. The van der Waals surface area contributed by atoms with Crippen LogP contribution in [0.15, 0.2) is 41.3 Å². The summed E-state index contributed by atoms with van der Waals surface area (Å²) in [6.45, 7) is 1.97. The van der Waals surface area contributed by atoms with Crippen LogP contribution in [0.5, 0.6) is 0 Å². The van der Waals surface area contributed by atoms with Crippen molar-refractivity contribution in [2.75, 3.05) is 0 Å². The van der Waals surface area contributed by atoms with E-state index in [0.717, 1.165) is 12.1 Å². The molecule has 0 aliphatic heterocycles. The van der Waals surface area contributed by atoms with Crippen LogP contribution in [0.1, 0.15) is 12.7 Å². The lowest BCUT2D eigenvalue weighted by Crippen LogP contribution is -1.88. The Hall–Kier alpha value is -2.14. The quantitative estimate of drug-likeness (QED) is 0.736. The molecule has 6 heteroatoms. The Morgan fingerprint density at radius 2 is 2.26 bits per heavy atom. The van der Waals surface area contributed by atoms with Crippen molar-refractivity contribution in [3.63, 3.8) is 0 Å². The third-order valence-electron chi connectivity index (χ3n) is 2.69. The highest BCUT2D eigenvalue weighted by Gasteiger charge is 2.11. The van der Waals surface area contributed by atoms with Crippen molar-refractivity contribution in [2.45, 2.75) is 13.3 Å². The SMILES string of the molecule is CCc1noc(-c2cn(-c3cccc(Cl)c3)cn2)n1. The summed E-state index contributed by atoms with van der Waals surface area (Å²) < 4.78 is 7.01. The van der Waals surface area contributed by atoms with Crippen molar-refractivity contribution in [3.05, 3.63) is 47.6 Å². The maximum Gasteiger partial charge on any atom is 0.278 e. The van der Waals surface area contributed by atoms with Crippen LogP contribution in [0.4, 0.5) is 0 Å². The summed E-state index contributed by atoms with van der Waals surface area (Å²) in [5.74, 6) is 1.10. The van der Waals surface area contributed by atoms with Crippen LogP contribution in [0.3, 0.4) is 0 Å². The van der Waals surface area contributed by atoms with Gasteiger partial charge in [0.25, 0.3) is 5.89 Å². The number of nitrogens with zero attached hydrogens (tertiary/aromatic N) is 4. The number of benzene rings is 1. The van der Waals surface area contributed by atoms with Crippen molar-refractivity contribution >= 4 is 11.6 Å². The highest BCUT2D eigenvalue weighted by atomic mass is 35.5. The Morgan fingerprint density at radius 1 is 1.37 bits per heavy atom. The Kier molecular flexibility index (Phi) is 3.05. The van der Waals surface area contributed by atoms with Gasteiger partial charge in [-0.25, -0.2) is 4.98 Å². The molecule has 2 aromatic heterocycles. The van der Waals surface area contributed by atoms with Crippen LogP contribution in [0, 0.1) is 0 Å². The summed E-state index contributed by atoms with van der Waals surface area (Å²) in [6.07, 6.45) is 4.26. The van der Waals surface area contributed by atoms with Gasteiger partial charge in [-0.1, -0.05) is 29.7 Å². The summed E-state index contributed by atoms with van der Waals surface area (Å²) in [5.41, 5.74) is 1.58. The molecule has 0 atom stereocenters. The molecule has 0 saturated heterocycles. The minimum absolute atomic E-state index is 0.428. The van der Waals surface area contributed by atoms with Crippen molar-refractivity contribution in [1.29, 1.82) is 0 Å². The van der Waals surface area contributed by atoms with E-state index in [4.69, 9.17) is 16.1 Å². The van der Waals surface area contributed by atoms with Crippen LogP contribution in [0.2, 0.25) is 5.02 Å². The average Bonchev–Trinajstić information content (AvgIpc) is 3.07. The van der Waals surface area contributed by atoms with Gasteiger partial charge in [0, 0.05) is 23.3 Å². The Labute approximate surface area is 114 Å². The minimum Gasteiger partial charge on any atom is -0.332 e. The molecule has 0 radical (unpaired) electrons. The first kappa shape index (κ1) is 11.9. The summed E-state index contributed by atoms with van der Waals surface area (Å²) >= 11 is 5.97. The first-order valence-corrected chi connectivity index (χ1v) is 6.27. The van der Waals surface area contributed by atoms with E-state index in [1.807, 2.05) is 42.0 Å². The zero-order chi connectivity index (χ0) is 13.2. The zero-order valence-corrected chi connectivity index (χ0v) is 11.0. The van der Waals surface area contributed by atoms with E-state index in [1.165, 1.54) is 0 Å². The predicted octanol–water partition coefficient (Wildman–Crippen LogP) is 3.14. The van der Waals surface area contributed by atoms with E-state index in [1.54, 1.807) is 6.33 Å². The molecule has 0 unspecified atom stereocenters. The van der Waals surface area contributed by atoms with Crippen LogP contribution < -0.4 is 0 Å². The van der Waals surface area contributed by atoms with E-state index in [2.05, 4.69) is 15.1 Å². The molecular formula is C13H11ClN4O. The molecule has 0 bridgehead atoms. The Balaban J connectivity index is 1.95. The highest BCUT2D eigenvalue weighted by Crippen LogP contribution is 2.19. The second-order valence-electron chi connectivity index (χ2n) is 4.02. The minimum atomic E-state index is 0.428. The van der Waals surface area contributed by atoms with Crippen LogP contribution in [0.25, 0.3) is 17.3 Å². The van der Waals surface area contributed by atoms with Gasteiger partial charge < -0.3 is 9.09 Å². The molecule has 19 heavy (non-hydrogen) atoms. The lowest BCUT2D eigenvalue weighted by molar-refractivity contribution is 0.422. The van der Waals surface area contributed by atoms with E-state index in [0.29, 0.717) is 22.4 Å². The van der Waals surface area contributed by atoms with E-state index >= 15 is 0 Å². The van der Waals surface area contributed by atoms with Crippen molar-refractivity contribution in [1.82, 2.24) is 19.7 Å². The Bertz CT molecular complexity index is 704. The maximum absolute atomic E-state index is 5.97. The molecule has 0 aliphatic rings. The summed E-state index contributed by atoms with van der Waals surface area (Å²) in [5, 5.41) is 4.53. The first-order chi connectivity index (χ1) is 9.26. The molecule has 96 valence electrons. The second kappa shape index (κ2) is 4.85. The number of imidazole rings is 1. The normalized spacial score (nSPS) is 10.8. The molecule has 0 fully saturated rings. The topological polar surface area (TPSA) is 56.7 Å². The van der Waals surface area contributed by atoms with Gasteiger partial charge in [0.05, 0.1) is 0 Å². The first-order valence-electron chi connectivity index (χ1n) is 5.89. The molecule has 5 nitrogen and oxygen atoms in total. The van der Waals surface area contributed by atoms with Crippen molar-refractivity contribution in [3.8, 4) is 17.3 Å². The van der Waals surface area contributed by atoms with Gasteiger partial charge in [-0.2, -0.15) is 4.98 Å². The van der Waals surface area contributed by atoms with E-state index < -0.39 is 0 Å². The molecule has 2 heterocycles. The molecule has 0 saturated carbocycles. The second-order valence-corrected chi connectivity index (χ2v) is 4.45. The number of aromatic nitrogens is 4. The number of halogens is 1. The number of aryl methyl sites for hydroxylation is 1. The highest BCUT2D eigenvalue weighted by molar-refractivity contribution is 6.30. The summed E-state index contributed by atoms with van der Waals surface area (Å²) in [4.78, 5) is 8.51. The molecule has 3 rings (SSSR count). The smallest absolute Gasteiger partial charge is 0.278 e. The number of hydrogen-bond donors (Lipinski definition) is 0. The molecule has 3 aromatic rings. The molecule has 0 aliphatic carbocycles. The van der Waals surface area contributed by atoms with Gasteiger partial charge in [-0.3, -0.25) is 0 Å². The largest absolute Gasteiger partial charge is 0.332 e. The van der Waals surface area contributed by atoms with Gasteiger partial charge in [0.2, 0.25) is 0 Å².